The van der Waals surface area contributed by atoms with E-state index in [1.807, 2.05) is 10.8 Å². The second kappa shape index (κ2) is 5.58. The Labute approximate surface area is 144 Å². The van der Waals surface area contributed by atoms with E-state index >= 15 is 0 Å². The Balaban J connectivity index is 1.22. The summed E-state index contributed by atoms with van der Waals surface area (Å²) in [6, 6.07) is 0. The molecule has 5 fully saturated rings. The molecule has 1 aromatic rings. The van der Waals surface area contributed by atoms with E-state index in [-0.39, 0.29) is 5.91 Å². The standard InChI is InChI=1S/C19H28N4O/c24-18(13-21-2-1-20-14-21)22-3-5-23(6-4-22)19-10-15-7-16(11-19)9-17(8-15)12-19/h1-2,14-17H,3-13H2. The van der Waals surface area contributed by atoms with E-state index < -0.39 is 0 Å². The van der Waals surface area contributed by atoms with Crippen molar-refractivity contribution in [1.82, 2.24) is 19.4 Å². The van der Waals surface area contributed by atoms with Crippen LogP contribution in [0.2, 0.25) is 0 Å². The fourth-order valence-electron chi connectivity index (χ4n) is 6.52. The largest absolute Gasteiger partial charge is 0.339 e. The van der Waals surface area contributed by atoms with Crippen molar-refractivity contribution >= 4 is 5.91 Å². The van der Waals surface area contributed by atoms with Crippen LogP contribution in [0.3, 0.4) is 0 Å². The molecule has 5 nitrogen and oxygen atoms in total. The van der Waals surface area contributed by atoms with Gasteiger partial charge in [-0.05, 0) is 56.3 Å². The summed E-state index contributed by atoms with van der Waals surface area (Å²) in [6.45, 7) is 4.37. The van der Waals surface area contributed by atoms with Gasteiger partial charge in [0.15, 0.2) is 0 Å². The topological polar surface area (TPSA) is 41.4 Å². The maximum atomic E-state index is 12.5. The third-order valence-electron chi connectivity index (χ3n) is 7.19. The molecule has 1 aromatic heterocycles. The van der Waals surface area contributed by atoms with Gasteiger partial charge in [0.25, 0.3) is 0 Å². The van der Waals surface area contributed by atoms with Crippen molar-refractivity contribution in [2.24, 2.45) is 17.8 Å². The number of imidazole rings is 1. The van der Waals surface area contributed by atoms with Crippen LogP contribution in [-0.4, -0.2) is 57.0 Å². The van der Waals surface area contributed by atoms with Crippen LogP contribution in [0, 0.1) is 17.8 Å². The maximum Gasteiger partial charge on any atom is 0.242 e. The molecule has 4 saturated carbocycles. The van der Waals surface area contributed by atoms with Crippen molar-refractivity contribution in [2.75, 3.05) is 26.2 Å². The number of carbonyl (C=O) groups excluding carboxylic acids is 1. The highest BCUT2D eigenvalue weighted by molar-refractivity contribution is 5.76. The number of carbonyl (C=O) groups is 1. The summed E-state index contributed by atoms with van der Waals surface area (Å²) >= 11 is 0. The Morgan fingerprint density at radius 2 is 1.62 bits per heavy atom. The van der Waals surface area contributed by atoms with Crippen LogP contribution in [0.25, 0.3) is 0 Å². The predicted octanol–water partition coefficient (Wildman–Crippen LogP) is 2.00. The van der Waals surface area contributed by atoms with Gasteiger partial charge in [0.05, 0.1) is 6.33 Å². The van der Waals surface area contributed by atoms with Crippen molar-refractivity contribution in [3.63, 3.8) is 0 Å². The van der Waals surface area contributed by atoms with Gasteiger partial charge >= 0.3 is 0 Å². The van der Waals surface area contributed by atoms with E-state index in [9.17, 15) is 4.79 Å². The van der Waals surface area contributed by atoms with Crippen molar-refractivity contribution in [3.05, 3.63) is 18.7 Å². The van der Waals surface area contributed by atoms with Crippen molar-refractivity contribution in [3.8, 4) is 0 Å². The Kier molecular flexibility index (Phi) is 3.47. The van der Waals surface area contributed by atoms with E-state index in [2.05, 4.69) is 14.8 Å². The van der Waals surface area contributed by atoms with Gasteiger partial charge in [0.2, 0.25) is 5.91 Å². The number of piperazine rings is 1. The smallest absolute Gasteiger partial charge is 0.242 e. The lowest BCUT2D eigenvalue weighted by molar-refractivity contribution is -0.139. The van der Waals surface area contributed by atoms with Crippen molar-refractivity contribution in [1.29, 1.82) is 0 Å². The van der Waals surface area contributed by atoms with Gasteiger partial charge in [-0.1, -0.05) is 0 Å². The van der Waals surface area contributed by atoms with Crippen LogP contribution in [0.5, 0.6) is 0 Å². The molecule has 1 aliphatic heterocycles. The molecule has 0 aromatic carbocycles. The maximum absolute atomic E-state index is 12.5. The lowest BCUT2D eigenvalue weighted by Gasteiger charge is -2.61. The minimum absolute atomic E-state index is 0.234. The van der Waals surface area contributed by atoms with Crippen LogP contribution in [0.15, 0.2) is 18.7 Å². The molecule has 130 valence electrons. The molecule has 4 bridgehead atoms. The first kappa shape index (κ1) is 14.9. The van der Waals surface area contributed by atoms with Gasteiger partial charge in [-0.15, -0.1) is 0 Å². The SMILES string of the molecule is O=C(Cn1ccnc1)N1CCN(C23CC4CC(CC(C4)C2)C3)CC1. The molecule has 2 heterocycles. The van der Waals surface area contributed by atoms with Gasteiger partial charge < -0.3 is 9.47 Å². The highest BCUT2D eigenvalue weighted by Gasteiger charge is 2.53. The Hall–Kier alpha value is -1.36. The normalized spacial score (nSPS) is 38.7. The van der Waals surface area contributed by atoms with E-state index in [0.29, 0.717) is 12.1 Å². The first-order chi connectivity index (χ1) is 11.7. The van der Waals surface area contributed by atoms with Crippen molar-refractivity contribution in [2.45, 2.75) is 50.6 Å². The van der Waals surface area contributed by atoms with Gasteiger partial charge in [0.1, 0.15) is 6.54 Å². The molecule has 5 aliphatic rings. The van der Waals surface area contributed by atoms with Crippen LogP contribution in [0.4, 0.5) is 0 Å². The van der Waals surface area contributed by atoms with Crippen LogP contribution in [-0.2, 0) is 11.3 Å². The molecule has 6 rings (SSSR count). The molecule has 0 spiro atoms. The molecule has 5 heteroatoms. The number of amides is 1. The Morgan fingerprint density at radius 1 is 1.00 bits per heavy atom. The molecule has 1 amide bonds. The van der Waals surface area contributed by atoms with Gasteiger partial charge in [0, 0.05) is 44.1 Å². The quantitative estimate of drug-likeness (QED) is 0.852. The molecule has 4 aliphatic carbocycles. The zero-order valence-corrected chi connectivity index (χ0v) is 14.4. The molecule has 0 unspecified atom stereocenters. The van der Waals surface area contributed by atoms with E-state index in [1.165, 1.54) is 38.5 Å². The van der Waals surface area contributed by atoms with Crippen LogP contribution < -0.4 is 0 Å². The summed E-state index contributed by atoms with van der Waals surface area (Å²) in [5.41, 5.74) is 0.494. The van der Waals surface area contributed by atoms with E-state index in [4.69, 9.17) is 0 Å². The third-order valence-corrected chi connectivity index (χ3v) is 7.19. The molecule has 0 N–H and O–H groups in total. The zero-order chi connectivity index (χ0) is 16.1. The average molecular weight is 328 g/mol. The number of hydrogen-bond donors (Lipinski definition) is 0. The predicted molar refractivity (Wildman–Crippen MR) is 91.3 cm³/mol. The number of hydrogen-bond acceptors (Lipinski definition) is 3. The molecular weight excluding hydrogens is 300 g/mol. The fraction of sp³-hybridized carbons (Fsp3) is 0.789. The number of rotatable bonds is 3. The minimum Gasteiger partial charge on any atom is -0.339 e. The lowest BCUT2D eigenvalue weighted by Crippen LogP contribution is -2.64. The average Bonchev–Trinajstić information content (AvgIpc) is 3.07. The summed E-state index contributed by atoms with van der Waals surface area (Å²) in [5, 5.41) is 0. The molecule has 0 atom stereocenters. The zero-order valence-electron chi connectivity index (χ0n) is 14.4. The van der Waals surface area contributed by atoms with Crippen LogP contribution >= 0.6 is 0 Å². The molecular formula is C19H28N4O. The first-order valence-electron chi connectivity index (χ1n) is 9.69. The second-order valence-electron chi connectivity index (χ2n) is 8.74. The number of nitrogens with zero attached hydrogens (tertiary/aromatic N) is 4. The van der Waals surface area contributed by atoms with Gasteiger partial charge in [-0.25, -0.2) is 4.98 Å². The second-order valence-corrected chi connectivity index (χ2v) is 8.74. The molecule has 1 saturated heterocycles. The summed E-state index contributed by atoms with van der Waals surface area (Å²) in [6.07, 6.45) is 14.1. The van der Waals surface area contributed by atoms with E-state index in [0.717, 1.165) is 43.9 Å². The summed E-state index contributed by atoms with van der Waals surface area (Å²) in [5.74, 6) is 3.23. The summed E-state index contributed by atoms with van der Waals surface area (Å²) in [7, 11) is 0. The molecule has 0 radical (unpaired) electrons. The van der Waals surface area contributed by atoms with E-state index in [1.54, 1.807) is 12.5 Å². The fourth-order valence-corrected chi connectivity index (χ4v) is 6.52. The lowest BCUT2D eigenvalue weighted by atomic mass is 9.52. The van der Waals surface area contributed by atoms with Crippen molar-refractivity contribution < 1.29 is 4.79 Å². The Bertz CT molecular complexity index is 568. The van der Waals surface area contributed by atoms with Crippen LogP contribution in [0.1, 0.15) is 38.5 Å². The Morgan fingerprint density at radius 3 is 2.17 bits per heavy atom. The summed E-state index contributed by atoms with van der Waals surface area (Å²) in [4.78, 5) is 21.3. The van der Waals surface area contributed by atoms with Gasteiger partial charge in [-0.3, -0.25) is 9.69 Å². The first-order valence-corrected chi connectivity index (χ1v) is 9.69. The minimum atomic E-state index is 0.234. The van der Waals surface area contributed by atoms with Gasteiger partial charge in [-0.2, -0.15) is 0 Å². The highest BCUT2D eigenvalue weighted by atomic mass is 16.2. The summed E-state index contributed by atoms with van der Waals surface area (Å²) < 4.78 is 1.87. The molecule has 24 heavy (non-hydrogen) atoms. The monoisotopic (exact) mass is 328 g/mol. The highest BCUT2D eigenvalue weighted by Crippen LogP contribution is 2.57. The number of aromatic nitrogens is 2. The third kappa shape index (κ3) is 2.48.